The van der Waals surface area contributed by atoms with E-state index in [-0.39, 0.29) is 0 Å². The van der Waals surface area contributed by atoms with E-state index >= 15 is 0 Å². The first-order valence-corrected chi connectivity index (χ1v) is 8.15. The highest BCUT2D eigenvalue weighted by Gasteiger charge is 2.20. The minimum Gasteiger partial charge on any atom is -0.467 e. The molecule has 1 aromatic carbocycles. The molecule has 1 aromatic rings. The van der Waals surface area contributed by atoms with Crippen LogP contribution in [0.15, 0.2) is 18.2 Å². The molecule has 7 heteroatoms. The van der Waals surface area contributed by atoms with E-state index in [4.69, 9.17) is 11.6 Å². The quantitative estimate of drug-likeness (QED) is 0.787. The zero-order valence-electron chi connectivity index (χ0n) is 12.2. The second-order valence-electron chi connectivity index (χ2n) is 4.42. The second-order valence-corrected chi connectivity index (χ2v) is 5.81. The van der Waals surface area contributed by atoms with Gasteiger partial charge in [0, 0.05) is 10.7 Å². The first-order chi connectivity index (χ1) is 9.97. The molecule has 0 bridgehead atoms. The molecule has 0 fully saturated rings. The fourth-order valence-electron chi connectivity index (χ4n) is 1.62. The van der Waals surface area contributed by atoms with Crippen molar-refractivity contribution < 1.29 is 14.3 Å². The van der Waals surface area contributed by atoms with E-state index in [0.717, 1.165) is 11.3 Å². The van der Waals surface area contributed by atoms with Crippen LogP contribution in [0.3, 0.4) is 0 Å². The van der Waals surface area contributed by atoms with Gasteiger partial charge in [-0.2, -0.15) is 11.8 Å². The maximum absolute atomic E-state index is 11.9. The molecular weight excluding hydrogens is 312 g/mol. The van der Waals surface area contributed by atoms with Crippen molar-refractivity contribution in [2.24, 2.45) is 0 Å². The van der Waals surface area contributed by atoms with Crippen LogP contribution in [-0.4, -0.2) is 37.2 Å². The Morgan fingerprint density at radius 2 is 2.14 bits per heavy atom. The number of hydrogen-bond donors (Lipinski definition) is 2. The summed E-state index contributed by atoms with van der Waals surface area (Å²) in [6, 6.07) is 4.08. The lowest BCUT2D eigenvalue weighted by Gasteiger charge is -2.16. The Hall–Kier alpha value is -1.40. The van der Waals surface area contributed by atoms with Crippen molar-refractivity contribution in [2.75, 3.05) is 24.4 Å². The van der Waals surface area contributed by atoms with Gasteiger partial charge in [0.25, 0.3) is 0 Å². The molecule has 116 valence electrons. The number of urea groups is 1. The van der Waals surface area contributed by atoms with Gasteiger partial charge in [-0.05, 0) is 43.0 Å². The molecule has 1 rings (SSSR count). The number of halogens is 1. The summed E-state index contributed by atoms with van der Waals surface area (Å²) in [6.07, 6.45) is 2.44. The Kier molecular flexibility index (Phi) is 7.39. The lowest BCUT2D eigenvalue weighted by atomic mass is 10.2. The van der Waals surface area contributed by atoms with Gasteiger partial charge in [0.15, 0.2) is 0 Å². The van der Waals surface area contributed by atoms with Crippen LogP contribution < -0.4 is 10.6 Å². The minimum absolute atomic E-state index is 0.457. The first kappa shape index (κ1) is 17.7. The van der Waals surface area contributed by atoms with Crippen molar-refractivity contribution in [1.82, 2.24) is 5.32 Å². The monoisotopic (exact) mass is 330 g/mol. The number of anilines is 1. The van der Waals surface area contributed by atoms with E-state index in [1.165, 1.54) is 7.11 Å². The molecule has 0 spiro atoms. The van der Waals surface area contributed by atoms with Gasteiger partial charge >= 0.3 is 12.0 Å². The van der Waals surface area contributed by atoms with E-state index in [1.807, 2.05) is 19.2 Å². The molecule has 0 aromatic heterocycles. The van der Waals surface area contributed by atoms with E-state index in [2.05, 4.69) is 15.4 Å². The van der Waals surface area contributed by atoms with E-state index < -0.39 is 18.0 Å². The van der Waals surface area contributed by atoms with Gasteiger partial charge in [-0.25, -0.2) is 9.59 Å². The van der Waals surface area contributed by atoms with Crippen LogP contribution in [0, 0.1) is 6.92 Å². The highest BCUT2D eigenvalue weighted by molar-refractivity contribution is 7.98. The van der Waals surface area contributed by atoms with Crippen molar-refractivity contribution >= 4 is 41.1 Å². The summed E-state index contributed by atoms with van der Waals surface area (Å²) in [5.74, 6) is 0.289. The number of aryl methyl sites for hydroxylation is 1. The highest BCUT2D eigenvalue weighted by Crippen LogP contribution is 2.19. The first-order valence-electron chi connectivity index (χ1n) is 6.38. The fourth-order valence-corrected chi connectivity index (χ4v) is 2.27. The molecule has 0 heterocycles. The van der Waals surface area contributed by atoms with Gasteiger partial charge in [-0.15, -0.1) is 0 Å². The third-order valence-electron chi connectivity index (χ3n) is 2.83. The maximum Gasteiger partial charge on any atom is 0.328 e. The number of amides is 2. The molecule has 2 N–H and O–H groups in total. The molecular formula is C14H19ClN2O3S. The summed E-state index contributed by atoms with van der Waals surface area (Å²) in [7, 11) is 1.30. The normalized spacial score (nSPS) is 11.6. The minimum atomic E-state index is -0.664. The number of carbonyl (C=O) groups excluding carboxylic acids is 2. The van der Waals surface area contributed by atoms with Crippen molar-refractivity contribution in [3.05, 3.63) is 28.8 Å². The van der Waals surface area contributed by atoms with Gasteiger partial charge < -0.3 is 15.4 Å². The topological polar surface area (TPSA) is 67.4 Å². The number of hydrogen-bond acceptors (Lipinski definition) is 4. The number of thioether (sulfide) groups is 1. The average molecular weight is 331 g/mol. The van der Waals surface area contributed by atoms with E-state index in [9.17, 15) is 9.59 Å². The summed E-state index contributed by atoms with van der Waals surface area (Å²) < 4.78 is 4.68. The number of benzene rings is 1. The van der Waals surface area contributed by atoms with Crippen molar-refractivity contribution in [3.63, 3.8) is 0 Å². The average Bonchev–Trinajstić information content (AvgIpc) is 2.46. The number of esters is 1. The summed E-state index contributed by atoms with van der Waals surface area (Å²) >= 11 is 7.59. The number of nitrogens with one attached hydrogen (secondary N) is 2. The summed E-state index contributed by atoms with van der Waals surface area (Å²) in [6.45, 7) is 1.88. The van der Waals surface area contributed by atoms with Gasteiger partial charge in [0.2, 0.25) is 0 Å². The van der Waals surface area contributed by atoms with E-state index in [0.29, 0.717) is 17.1 Å². The van der Waals surface area contributed by atoms with Gasteiger partial charge in [-0.3, -0.25) is 0 Å². The summed E-state index contributed by atoms with van der Waals surface area (Å²) in [5, 5.41) is 5.82. The molecule has 0 aliphatic heterocycles. The number of rotatable bonds is 6. The van der Waals surface area contributed by atoms with Crippen molar-refractivity contribution in [1.29, 1.82) is 0 Å². The molecule has 0 saturated heterocycles. The molecule has 2 amide bonds. The maximum atomic E-state index is 11.9. The fraction of sp³-hybridized carbons (Fsp3) is 0.429. The Labute approximate surface area is 133 Å². The predicted octanol–water partition coefficient (Wildman–Crippen LogP) is 3.06. The van der Waals surface area contributed by atoms with Crippen LogP contribution in [0.5, 0.6) is 0 Å². The molecule has 0 aliphatic rings. The number of ether oxygens (including phenoxy) is 1. The molecule has 0 unspecified atom stereocenters. The van der Waals surface area contributed by atoms with Crippen molar-refractivity contribution in [2.45, 2.75) is 19.4 Å². The largest absolute Gasteiger partial charge is 0.467 e. The Morgan fingerprint density at radius 3 is 2.71 bits per heavy atom. The third kappa shape index (κ3) is 5.85. The molecule has 5 nitrogen and oxygen atoms in total. The number of carbonyl (C=O) groups is 2. The molecule has 1 atom stereocenters. The van der Waals surface area contributed by atoms with E-state index in [1.54, 1.807) is 23.9 Å². The molecule has 0 aliphatic carbocycles. The summed E-state index contributed by atoms with van der Waals surface area (Å²) in [5.41, 5.74) is 1.49. The zero-order valence-corrected chi connectivity index (χ0v) is 13.8. The lowest BCUT2D eigenvalue weighted by Crippen LogP contribution is -2.44. The Morgan fingerprint density at radius 1 is 1.43 bits per heavy atom. The predicted molar refractivity (Wildman–Crippen MR) is 87.1 cm³/mol. The lowest BCUT2D eigenvalue weighted by molar-refractivity contribution is -0.142. The SMILES string of the molecule is COC(=O)[C@@H](CCSC)NC(=O)Nc1ccc(C)c(Cl)c1. The molecule has 0 radical (unpaired) electrons. The Balaban J connectivity index is 2.64. The number of methoxy groups -OCH3 is 1. The van der Waals surface area contributed by atoms with Gasteiger partial charge in [0.1, 0.15) is 6.04 Å². The summed E-state index contributed by atoms with van der Waals surface area (Å²) in [4.78, 5) is 23.5. The van der Waals surface area contributed by atoms with Gasteiger partial charge in [0.05, 0.1) is 7.11 Å². The molecule has 21 heavy (non-hydrogen) atoms. The van der Waals surface area contributed by atoms with Gasteiger partial charge in [-0.1, -0.05) is 17.7 Å². The van der Waals surface area contributed by atoms with Crippen LogP contribution in [-0.2, 0) is 9.53 Å². The van der Waals surface area contributed by atoms with Crippen LogP contribution in [0.25, 0.3) is 0 Å². The third-order valence-corrected chi connectivity index (χ3v) is 3.88. The van der Waals surface area contributed by atoms with Crippen LogP contribution >= 0.6 is 23.4 Å². The standard InChI is InChI=1S/C14H19ClN2O3S/c1-9-4-5-10(8-11(9)15)16-14(19)17-12(6-7-21-3)13(18)20-2/h4-5,8,12H,6-7H2,1-3H3,(H2,16,17,19)/t12-/m1/s1. The highest BCUT2D eigenvalue weighted by atomic mass is 35.5. The van der Waals surface area contributed by atoms with Crippen molar-refractivity contribution in [3.8, 4) is 0 Å². The molecule has 0 saturated carbocycles. The van der Waals surface area contributed by atoms with Crippen LogP contribution in [0.4, 0.5) is 10.5 Å². The van der Waals surface area contributed by atoms with Crippen LogP contribution in [0.1, 0.15) is 12.0 Å². The smallest absolute Gasteiger partial charge is 0.328 e. The van der Waals surface area contributed by atoms with Crippen LogP contribution in [0.2, 0.25) is 5.02 Å². The zero-order chi connectivity index (χ0) is 15.8. The Bertz CT molecular complexity index is 511. The second kappa shape index (κ2) is 8.79.